The molecule has 0 bridgehead atoms. The van der Waals surface area contributed by atoms with E-state index in [1.807, 2.05) is 36.4 Å². The Morgan fingerprint density at radius 2 is 2.16 bits per heavy atom. The van der Waals surface area contributed by atoms with Crippen molar-refractivity contribution in [3.63, 3.8) is 0 Å². The molecule has 0 saturated carbocycles. The summed E-state index contributed by atoms with van der Waals surface area (Å²) in [6.07, 6.45) is 0.127. The molecule has 1 aromatic heterocycles. The molecule has 7 heteroatoms. The second kappa shape index (κ2) is 6.18. The molecule has 2 amide bonds. The van der Waals surface area contributed by atoms with Crippen molar-refractivity contribution in [1.29, 1.82) is 0 Å². The Morgan fingerprint density at radius 3 is 3.00 bits per heavy atom. The molecule has 25 heavy (non-hydrogen) atoms. The lowest BCUT2D eigenvalue weighted by atomic mass is 9.90. The van der Waals surface area contributed by atoms with Crippen molar-refractivity contribution < 1.29 is 14.3 Å². The highest BCUT2D eigenvalue weighted by molar-refractivity contribution is 7.22. The fraction of sp³-hybridized carbons (Fsp3) is 0.167. The van der Waals surface area contributed by atoms with Crippen molar-refractivity contribution in [3.05, 3.63) is 48.0 Å². The van der Waals surface area contributed by atoms with Crippen LogP contribution < -0.4 is 15.4 Å². The van der Waals surface area contributed by atoms with E-state index in [1.54, 1.807) is 13.2 Å². The van der Waals surface area contributed by atoms with Crippen LogP contribution in [0.2, 0.25) is 0 Å². The van der Waals surface area contributed by atoms with Gasteiger partial charge in [-0.3, -0.25) is 9.59 Å². The second-order valence-electron chi connectivity index (χ2n) is 5.73. The van der Waals surface area contributed by atoms with Gasteiger partial charge in [-0.25, -0.2) is 4.98 Å². The number of amides is 2. The SMILES string of the molecule is COc1ccc2nc(NC(=O)[C@@H]3CC(=O)Nc4ccccc43)sc2c1. The largest absolute Gasteiger partial charge is 0.497 e. The van der Waals surface area contributed by atoms with E-state index in [-0.39, 0.29) is 18.2 Å². The van der Waals surface area contributed by atoms with Crippen LogP contribution >= 0.6 is 11.3 Å². The number of nitrogens with zero attached hydrogens (tertiary/aromatic N) is 1. The van der Waals surface area contributed by atoms with Crippen molar-refractivity contribution in [2.75, 3.05) is 17.7 Å². The van der Waals surface area contributed by atoms with E-state index in [4.69, 9.17) is 4.74 Å². The lowest BCUT2D eigenvalue weighted by molar-refractivity contribution is -0.123. The highest BCUT2D eigenvalue weighted by Gasteiger charge is 2.30. The molecule has 0 aliphatic carbocycles. The summed E-state index contributed by atoms with van der Waals surface area (Å²) in [5, 5.41) is 6.16. The first-order valence-corrected chi connectivity index (χ1v) is 8.60. The van der Waals surface area contributed by atoms with Gasteiger partial charge in [0, 0.05) is 12.1 Å². The predicted molar refractivity (Wildman–Crippen MR) is 97.2 cm³/mol. The fourth-order valence-electron chi connectivity index (χ4n) is 2.92. The van der Waals surface area contributed by atoms with E-state index >= 15 is 0 Å². The Kier molecular flexibility index (Phi) is 3.85. The Bertz CT molecular complexity index is 983. The van der Waals surface area contributed by atoms with E-state index in [9.17, 15) is 9.59 Å². The third kappa shape index (κ3) is 2.94. The summed E-state index contributed by atoms with van der Waals surface area (Å²) < 4.78 is 6.13. The number of thiazole rings is 1. The summed E-state index contributed by atoms with van der Waals surface area (Å²) in [5.74, 6) is -0.167. The van der Waals surface area contributed by atoms with Gasteiger partial charge in [0.05, 0.1) is 23.2 Å². The monoisotopic (exact) mass is 353 g/mol. The average Bonchev–Trinajstić information content (AvgIpc) is 3.01. The van der Waals surface area contributed by atoms with Crippen LogP contribution in [-0.2, 0) is 9.59 Å². The van der Waals surface area contributed by atoms with Crippen molar-refractivity contribution in [2.45, 2.75) is 12.3 Å². The molecular weight excluding hydrogens is 338 g/mol. The average molecular weight is 353 g/mol. The topological polar surface area (TPSA) is 80.3 Å². The lowest BCUT2D eigenvalue weighted by Crippen LogP contribution is -2.30. The highest BCUT2D eigenvalue weighted by atomic mass is 32.1. The van der Waals surface area contributed by atoms with E-state index in [2.05, 4.69) is 15.6 Å². The number of benzene rings is 2. The molecule has 2 N–H and O–H groups in total. The minimum atomic E-state index is -0.522. The molecule has 0 saturated heterocycles. The Balaban J connectivity index is 1.61. The molecule has 4 rings (SSSR count). The first-order chi connectivity index (χ1) is 12.1. The maximum Gasteiger partial charge on any atom is 0.234 e. The molecule has 0 spiro atoms. The minimum absolute atomic E-state index is 0.127. The smallest absolute Gasteiger partial charge is 0.234 e. The van der Waals surface area contributed by atoms with Gasteiger partial charge in [0.15, 0.2) is 5.13 Å². The zero-order valence-electron chi connectivity index (χ0n) is 13.4. The van der Waals surface area contributed by atoms with Crippen molar-refractivity contribution in [3.8, 4) is 5.75 Å². The number of carbonyl (C=O) groups excluding carboxylic acids is 2. The van der Waals surface area contributed by atoms with Crippen molar-refractivity contribution in [2.24, 2.45) is 0 Å². The fourth-order valence-corrected chi connectivity index (χ4v) is 3.82. The molecule has 2 heterocycles. The van der Waals surface area contributed by atoms with Gasteiger partial charge in [-0.1, -0.05) is 29.5 Å². The zero-order chi connectivity index (χ0) is 17.4. The third-order valence-electron chi connectivity index (χ3n) is 4.14. The van der Waals surface area contributed by atoms with Gasteiger partial charge in [-0.2, -0.15) is 0 Å². The molecule has 0 unspecified atom stereocenters. The van der Waals surface area contributed by atoms with Gasteiger partial charge in [0.25, 0.3) is 0 Å². The standard InChI is InChI=1S/C18H15N3O3S/c1-24-10-6-7-14-15(8-10)25-18(20-14)21-17(23)12-9-16(22)19-13-5-3-2-4-11(12)13/h2-8,12H,9H2,1H3,(H,19,22)(H,20,21,23)/t12-/m1/s1. The number of methoxy groups -OCH3 is 1. The van der Waals surface area contributed by atoms with Crippen LogP contribution in [0.5, 0.6) is 5.75 Å². The van der Waals surface area contributed by atoms with Crippen molar-refractivity contribution >= 4 is 44.2 Å². The van der Waals surface area contributed by atoms with Gasteiger partial charge in [-0.05, 0) is 29.8 Å². The van der Waals surface area contributed by atoms with Crippen LogP contribution in [0.3, 0.4) is 0 Å². The predicted octanol–water partition coefficient (Wildman–Crippen LogP) is 3.37. The molecule has 6 nitrogen and oxygen atoms in total. The number of carbonyl (C=O) groups is 2. The second-order valence-corrected chi connectivity index (χ2v) is 6.76. The molecule has 2 aromatic carbocycles. The quantitative estimate of drug-likeness (QED) is 0.756. The van der Waals surface area contributed by atoms with Gasteiger partial charge in [-0.15, -0.1) is 0 Å². The number of fused-ring (bicyclic) bond motifs is 2. The number of rotatable bonds is 3. The molecule has 3 aromatic rings. The molecule has 1 atom stereocenters. The van der Waals surface area contributed by atoms with Crippen LogP contribution in [0.1, 0.15) is 17.9 Å². The van der Waals surface area contributed by atoms with Crippen LogP contribution in [-0.4, -0.2) is 23.9 Å². The maximum atomic E-state index is 12.7. The van der Waals surface area contributed by atoms with Crippen LogP contribution in [0, 0.1) is 0 Å². The van der Waals surface area contributed by atoms with E-state index in [1.165, 1.54) is 11.3 Å². The molecule has 126 valence electrons. The lowest BCUT2D eigenvalue weighted by Gasteiger charge is -2.24. The molecule has 1 aliphatic rings. The third-order valence-corrected chi connectivity index (χ3v) is 5.08. The Morgan fingerprint density at radius 1 is 1.32 bits per heavy atom. The Hall–Kier alpha value is -2.93. The number of anilines is 2. The summed E-state index contributed by atoms with van der Waals surface area (Å²) in [7, 11) is 1.61. The number of para-hydroxylation sites is 1. The highest BCUT2D eigenvalue weighted by Crippen LogP contribution is 2.34. The normalized spacial score (nSPS) is 16.2. The number of hydrogen-bond donors (Lipinski definition) is 2. The summed E-state index contributed by atoms with van der Waals surface area (Å²) in [6.45, 7) is 0. The number of aromatic nitrogens is 1. The summed E-state index contributed by atoms with van der Waals surface area (Å²) in [5.41, 5.74) is 2.30. The summed E-state index contributed by atoms with van der Waals surface area (Å²) >= 11 is 1.38. The van der Waals surface area contributed by atoms with E-state index in [0.29, 0.717) is 10.8 Å². The van der Waals surface area contributed by atoms with E-state index < -0.39 is 5.92 Å². The summed E-state index contributed by atoms with van der Waals surface area (Å²) in [6, 6.07) is 12.9. The molecular formula is C18H15N3O3S. The number of hydrogen-bond acceptors (Lipinski definition) is 5. The van der Waals surface area contributed by atoms with Crippen molar-refractivity contribution in [1.82, 2.24) is 4.98 Å². The Labute approximate surface area is 147 Å². The van der Waals surface area contributed by atoms with Gasteiger partial charge in [0.1, 0.15) is 5.75 Å². The van der Waals surface area contributed by atoms with Gasteiger partial charge in [0.2, 0.25) is 11.8 Å². The van der Waals surface area contributed by atoms with E-state index in [0.717, 1.165) is 21.5 Å². The minimum Gasteiger partial charge on any atom is -0.497 e. The number of nitrogens with one attached hydrogen (secondary N) is 2. The molecule has 1 aliphatic heterocycles. The van der Waals surface area contributed by atoms with Crippen LogP contribution in [0.25, 0.3) is 10.2 Å². The first kappa shape index (κ1) is 15.6. The maximum absolute atomic E-state index is 12.7. The first-order valence-electron chi connectivity index (χ1n) is 7.78. The van der Waals surface area contributed by atoms with Gasteiger partial charge >= 0.3 is 0 Å². The zero-order valence-corrected chi connectivity index (χ0v) is 14.2. The van der Waals surface area contributed by atoms with Crippen LogP contribution in [0.4, 0.5) is 10.8 Å². The molecule has 0 radical (unpaired) electrons. The number of ether oxygens (including phenoxy) is 1. The summed E-state index contributed by atoms with van der Waals surface area (Å²) in [4.78, 5) is 29.0. The molecule has 0 fully saturated rings. The van der Waals surface area contributed by atoms with Crippen LogP contribution in [0.15, 0.2) is 42.5 Å². The van der Waals surface area contributed by atoms with Gasteiger partial charge < -0.3 is 15.4 Å².